The van der Waals surface area contributed by atoms with E-state index in [1.165, 1.54) is 136 Å². The summed E-state index contributed by atoms with van der Waals surface area (Å²) in [4.78, 5) is 271. The molecule has 0 bridgehead atoms. The van der Waals surface area contributed by atoms with Gasteiger partial charge in [0.25, 0.3) is 0 Å². The summed E-state index contributed by atoms with van der Waals surface area (Å²) in [7, 11) is 0. The molecular formula is C79H138N20O21. The van der Waals surface area contributed by atoms with Crippen molar-refractivity contribution in [1.29, 1.82) is 0 Å². The Bertz CT molecular complexity index is 3790. The van der Waals surface area contributed by atoms with Crippen LogP contribution in [0.4, 0.5) is 0 Å². The molecule has 1 saturated heterocycles. The molecule has 1 rings (SSSR count). The molecule has 41 nitrogen and oxygen atoms in total. The predicted molar refractivity (Wildman–Crippen MR) is 441 cm³/mol. The summed E-state index contributed by atoms with van der Waals surface area (Å²) in [6, 6.07) is -11.1. The first-order valence-electron chi connectivity index (χ1n) is 40.3. The molecule has 0 radical (unpaired) electrons. The zero-order chi connectivity index (χ0) is 93.4. The van der Waals surface area contributed by atoms with Crippen molar-refractivity contribution < 1.29 is 101 Å². The minimum atomic E-state index is -1.89. The molecule has 1 fully saturated rings. The van der Waals surface area contributed by atoms with E-state index in [2.05, 4.69) is 90.4 Å². The number of rotatable bonds is 47. The van der Waals surface area contributed by atoms with Gasteiger partial charge < -0.3 is 112 Å². The van der Waals surface area contributed by atoms with Gasteiger partial charge in [-0.25, -0.2) is 0 Å². The average Bonchev–Trinajstić information content (AvgIpc) is 1.61. The Kier molecular flexibility index (Phi) is 39.9. The predicted octanol–water partition coefficient (Wildman–Crippen LogP) is -3.88. The van der Waals surface area contributed by atoms with Crippen LogP contribution in [0, 0.1) is 23.7 Å². The van der Waals surface area contributed by atoms with Gasteiger partial charge in [0, 0.05) is 26.3 Å². The van der Waals surface area contributed by atoms with Crippen LogP contribution in [-0.4, -0.2) is 247 Å². The van der Waals surface area contributed by atoms with Gasteiger partial charge in [-0.1, -0.05) is 55.4 Å². The largest absolute Gasteiger partial charge is 0.394 e. The third-order valence-electron chi connectivity index (χ3n) is 19.6. The lowest BCUT2D eigenvalue weighted by atomic mass is 9.96. The van der Waals surface area contributed by atoms with E-state index in [9.17, 15) is 101 Å². The third kappa shape index (κ3) is 34.2. The molecule has 120 heavy (non-hydrogen) atoms. The van der Waals surface area contributed by atoms with Gasteiger partial charge in [0.1, 0.15) is 92.6 Å². The number of primary amides is 2. The number of carbonyl (C=O) groups is 20. The van der Waals surface area contributed by atoms with Crippen molar-refractivity contribution in [2.24, 2.45) is 35.1 Å². The van der Waals surface area contributed by atoms with Gasteiger partial charge in [0.05, 0.1) is 19.2 Å². The highest BCUT2D eigenvalue weighted by Gasteiger charge is 2.47. The molecule has 0 spiro atoms. The van der Waals surface area contributed by atoms with E-state index in [1.807, 2.05) is 0 Å². The van der Waals surface area contributed by atoms with Gasteiger partial charge in [0.15, 0.2) is 0 Å². The van der Waals surface area contributed by atoms with Crippen molar-refractivity contribution in [3.05, 3.63) is 0 Å². The van der Waals surface area contributed by atoms with E-state index in [1.54, 1.807) is 55.4 Å². The van der Waals surface area contributed by atoms with Crippen molar-refractivity contribution in [1.82, 2.24) is 95.3 Å². The molecule has 9 atom stereocenters. The van der Waals surface area contributed by atoms with Crippen LogP contribution in [0.3, 0.4) is 0 Å². The van der Waals surface area contributed by atoms with Crippen LogP contribution < -0.4 is 102 Å². The maximum atomic E-state index is 14.4. The van der Waals surface area contributed by atoms with Crippen molar-refractivity contribution in [2.45, 2.75) is 337 Å². The highest BCUT2D eigenvalue weighted by molar-refractivity contribution is 6.04. The Labute approximate surface area is 703 Å². The number of amides is 20. The summed E-state index contributed by atoms with van der Waals surface area (Å²) < 4.78 is 0. The number of nitrogens with two attached hydrogens (primary N) is 2. The lowest BCUT2D eigenvalue weighted by Gasteiger charge is -2.36. The Morgan fingerprint density at radius 3 is 1.18 bits per heavy atom. The van der Waals surface area contributed by atoms with Gasteiger partial charge in [0.2, 0.25) is 118 Å². The van der Waals surface area contributed by atoms with E-state index < -0.39 is 249 Å². The second-order valence-corrected chi connectivity index (χ2v) is 36.5. The molecule has 1 heterocycles. The number of hydrogen-bond donors (Lipinski definition) is 20. The van der Waals surface area contributed by atoms with E-state index in [0.29, 0.717) is 6.42 Å². The lowest BCUT2D eigenvalue weighted by molar-refractivity contribution is -0.146. The van der Waals surface area contributed by atoms with Crippen LogP contribution in [0.1, 0.15) is 238 Å². The Morgan fingerprint density at radius 1 is 0.375 bits per heavy atom. The van der Waals surface area contributed by atoms with Crippen molar-refractivity contribution in [2.75, 3.05) is 19.7 Å². The van der Waals surface area contributed by atoms with Crippen molar-refractivity contribution >= 4 is 118 Å². The molecule has 0 aliphatic carbocycles. The average molecular weight is 1700 g/mol. The molecule has 1 aliphatic heterocycles. The van der Waals surface area contributed by atoms with Crippen LogP contribution in [0.5, 0.6) is 0 Å². The molecule has 1 aliphatic rings. The maximum Gasteiger partial charge on any atom is 0.248 e. The second-order valence-electron chi connectivity index (χ2n) is 36.5. The highest BCUT2D eigenvalue weighted by atomic mass is 16.3. The van der Waals surface area contributed by atoms with E-state index in [4.69, 9.17) is 11.5 Å². The van der Waals surface area contributed by atoms with Crippen molar-refractivity contribution in [3.8, 4) is 0 Å². The summed E-state index contributed by atoms with van der Waals surface area (Å²) in [6.07, 6.45) is -0.752. The standard InChI is InChI=1S/C79H138N20O21/c1-39(2)35-48(85-57(106)43(9)83-56(105)44(10)84-65(114)73(14,15)91-45(11)101)60(109)94-74(16,17)66(115)89-47(31-33-53(81)103)59(108)93-75(18,19)68(117)90-55(42(7)8)63(112)96-72(12,13)64(113)82-37-54(104)92-77(22,23)69(118)98-79(26,27)71(120)99-34-28-29-51(99)62(111)86-49(36-40(3)4)61(110)95-78(24,25)70(119)97-76(20,21)67(116)88-46(30-32-52(80)102)58(107)87-50(38-100)41(5)6/h39-44,46-51,55,100H,28-38H2,1-27H3,(H2,80,102)(H2,81,103)(H,82,113)(H,83,105)(H,84,114)(H,85,106)(H,86,111)(H,87,107)(H,88,116)(H,89,115)(H,90,117)(H,91,101)(H,92,104)(H,93,108)(H,94,109)(H,95,110)(H,96,112)(H,97,119)(H,98,118)/t43-,44-,46-,47-,48-,49-,50+,51-,55-/m0/s1. The SMILES string of the molecule is CC(=O)NC(C)(C)C(=O)N[C@@H](C)C(=O)N[C@@H](C)C(=O)N[C@@H](CC(C)C)C(=O)NC(C)(C)C(=O)N[C@@H](CCC(N)=O)C(=O)NC(C)(C)C(=O)N[C@H](C(=O)NC(C)(C)C(=O)NCC(=O)NC(C)(C)C(=O)NC(C)(C)C(=O)N1CCC[C@H]1C(=O)N[C@@H](CC(C)C)C(=O)NC(C)(C)C(=O)NC(C)(C)C(=O)N[C@@H](CCC(N)=O)C(=O)N[C@H](CO)C(C)C)C(C)C. The Morgan fingerprint density at radius 2 is 0.742 bits per heavy atom. The number of carbonyl (C=O) groups excluding carboxylic acids is 20. The van der Waals surface area contributed by atoms with Gasteiger partial charge in [-0.05, 0) is 187 Å². The van der Waals surface area contributed by atoms with Gasteiger partial charge in [-0.3, -0.25) is 95.9 Å². The number of nitrogens with one attached hydrogen (secondary N) is 17. The summed E-state index contributed by atoms with van der Waals surface area (Å²) in [5.74, 6) is -17.6. The fourth-order valence-corrected chi connectivity index (χ4v) is 11.9. The first-order valence-corrected chi connectivity index (χ1v) is 40.3. The first kappa shape index (κ1) is 107. The molecule has 0 unspecified atom stereocenters. The normalized spacial score (nSPS) is 15.5. The molecule has 0 aromatic rings. The van der Waals surface area contributed by atoms with Crippen LogP contribution in [0.25, 0.3) is 0 Å². The first-order chi connectivity index (χ1) is 54.5. The smallest absolute Gasteiger partial charge is 0.248 e. The maximum absolute atomic E-state index is 14.4. The van der Waals surface area contributed by atoms with Gasteiger partial charge in [-0.15, -0.1) is 0 Å². The summed E-state index contributed by atoms with van der Waals surface area (Å²) in [5, 5.41) is 53.2. The van der Waals surface area contributed by atoms with Crippen LogP contribution in [-0.2, 0) is 95.9 Å². The van der Waals surface area contributed by atoms with Gasteiger partial charge in [-0.2, -0.15) is 0 Å². The zero-order valence-corrected chi connectivity index (χ0v) is 75.0. The molecule has 680 valence electrons. The topological polar surface area (TPSA) is 621 Å². The van der Waals surface area contributed by atoms with Gasteiger partial charge >= 0.3 is 0 Å². The molecular weight excluding hydrogens is 1560 g/mol. The summed E-state index contributed by atoms with van der Waals surface area (Å²) >= 11 is 0. The number of likely N-dealkylation sites (tertiary alicyclic amines) is 1. The number of nitrogens with zero attached hydrogens (tertiary/aromatic N) is 1. The number of hydrogen-bond acceptors (Lipinski definition) is 21. The third-order valence-corrected chi connectivity index (χ3v) is 19.6. The monoisotopic (exact) mass is 1700 g/mol. The minimum absolute atomic E-state index is 0.0372. The summed E-state index contributed by atoms with van der Waals surface area (Å²) in [5.41, 5.74) is -3.14. The Balaban J connectivity index is 3.17. The highest BCUT2D eigenvalue weighted by Crippen LogP contribution is 2.25. The van der Waals surface area contributed by atoms with Crippen LogP contribution >= 0.6 is 0 Å². The summed E-state index contributed by atoms with van der Waals surface area (Å²) in [6.45, 7) is 37.9. The number of aliphatic hydroxyl groups excluding tert-OH is 1. The second kappa shape index (κ2) is 44.6. The molecule has 20 amide bonds. The molecule has 0 aromatic heterocycles. The van der Waals surface area contributed by atoms with E-state index >= 15 is 0 Å². The lowest BCUT2D eigenvalue weighted by Crippen LogP contribution is -2.66. The molecule has 22 N–H and O–H groups in total. The zero-order valence-electron chi connectivity index (χ0n) is 75.0. The van der Waals surface area contributed by atoms with E-state index in [-0.39, 0.29) is 56.4 Å². The fourth-order valence-electron chi connectivity index (χ4n) is 11.9. The molecule has 0 aromatic carbocycles. The van der Waals surface area contributed by atoms with Crippen LogP contribution in [0.15, 0.2) is 0 Å². The molecule has 41 heteroatoms. The Hall–Kier alpha value is -10.6. The number of aliphatic hydroxyl groups is 1. The minimum Gasteiger partial charge on any atom is -0.394 e. The van der Waals surface area contributed by atoms with Crippen molar-refractivity contribution in [3.63, 3.8) is 0 Å². The quantitative estimate of drug-likeness (QED) is 0.0277. The molecule has 0 saturated carbocycles. The van der Waals surface area contributed by atoms with Crippen LogP contribution in [0.2, 0.25) is 0 Å². The fraction of sp³-hybridized carbons (Fsp3) is 0.747. The van der Waals surface area contributed by atoms with E-state index in [0.717, 1.165) is 0 Å².